The van der Waals surface area contributed by atoms with Crippen LogP contribution in [0.5, 0.6) is 0 Å². The quantitative estimate of drug-likeness (QED) is 0.879. The highest BCUT2D eigenvalue weighted by Crippen LogP contribution is 2.31. The normalized spacial score (nSPS) is 14.8. The van der Waals surface area contributed by atoms with Crippen LogP contribution in [0.3, 0.4) is 0 Å². The molecule has 17 heavy (non-hydrogen) atoms. The third kappa shape index (κ3) is 3.33. The van der Waals surface area contributed by atoms with Gasteiger partial charge in [0.25, 0.3) is 0 Å². The number of aliphatic hydroxyl groups is 1. The Morgan fingerprint density at radius 3 is 2.82 bits per heavy atom. The van der Waals surface area contributed by atoms with Crippen molar-refractivity contribution >= 4 is 22.9 Å². The number of rotatable bonds is 5. The van der Waals surface area contributed by atoms with Gasteiger partial charge in [-0.05, 0) is 31.2 Å². The Hall–Kier alpha value is -0.810. The number of halogens is 1. The number of hydrogen-bond acceptors (Lipinski definition) is 4. The van der Waals surface area contributed by atoms with Crippen LogP contribution >= 0.6 is 22.9 Å². The van der Waals surface area contributed by atoms with E-state index in [4.69, 9.17) is 16.0 Å². The molecule has 0 amide bonds. The first-order valence-corrected chi connectivity index (χ1v) is 6.56. The first-order chi connectivity index (χ1) is 8.16. The molecule has 0 aliphatic carbocycles. The van der Waals surface area contributed by atoms with Gasteiger partial charge in [-0.25, -0.2) is 0 Å². The number of hydrogen-bond donors (Lipinski definition) is 2. The van der Waals surface area contributed by atoms with Gasteiger partial charge in [0.1, 0.15) is 11.8 Å². The monoisotopic (exact) mass is 271 g/mol. The van der Waals surface area contributed by atoms with Gasteiger partial charge in [0.15, 0.2) is 0 Å². The molecule has 2 heterocycles. The molecule has 2 unspecified atom stereocenters. The van der Waals surface area contributed by atoms with Crippen molar-refractivity contribution in [3.63, 3.8) is 0 Å². The molecule has 0 radical (unpaired) electrons. The molecule has 2 aromatic rings. The van der Waals surface area contributed by atoms with Crippen molar-refractivity contribution in [1.29, 1.82) is 0 Å². The predicted octanol–water partition coefficient (Wildman–Crippen LogP) is 3.05. The third-order valence-corrected chi connectivity index (χ3v) is 3.62. The van der Waals surface area contributed by atoms with E-state index in [2.05, 4.69) is 5.32 Å². The summed E-state index contributed by atoms with van der Waals surface area (Å²) >= 11 is 7.45. The van der Waals surface area contributed by atoms with E-state index in [0.717, 1.165) is 15.0 Å². The lowest BCUT2D eigenvalue weighted by Gasteiger charge is -2.16. The second-order valence-corrected chi connectivity index (χ2v) is 5.59. The second kappa shape index (κ2) is 5.69. The van der Waals surface area contributed by atoms with Crippen LogP contribution in [0, 0.1) is 0 Å². The molecule has 2 rings (SSSR count). The topological polar surface area (TPSA) is 45.4 Å². The number of furan rings is 1. The van der Waals surface area contributed by atoms with E-state index in [9.17, 15) is 5.11 Å². The number of thiophene rings is 1. The molecule has 0 spiro atoms. The molecule has 2 aromatic heterocycles. The Labute approximate surface area is 109 Å². The van der Waals surface area contributed by atoms with Crippen molar-refractivity contribution in [3.8, 4) is 0 Å². The van der Waals surface area contributed by atoms with Crippen molar-refractivity contribution in [1.82, 2.24) is 5.32 Å². The summed E-state index contributed by atoms with van der Waals surface area (Å²) in [5.41, 5.74) is 0. The molecule has 0 fully saturated rings. The van der Waals surface area contributed by atoms with Crippen LogP contribution in [-0.4, -0.2) is 17.8 Å². The number of nitrogens with one attached hydrogen (secondary N) is 1. The minimum absolute atomic E-state index is 0.0582. The van der Waals surface area contributed by atoms with Crippen molar-refractivity contribution in [3.05, 3.63) is 45.5 Å². The van der Waals surface area contributed by atoms with Crippen molar-refractivity contribution in [2.75, 3.05) is 6.54 Å². The van der Waals surface area contributed by atoms with Crippen LogP contribution in [0.25, 0.3) is 0 Å². The predicted molar refractivity (Wildman–Crippen MR) is 69.6 cm³/mol. The van der Waals surface area contributed by atoms with Crippen molar-refractivity contribution in [2.24, 2.45) is 0 Å². The molecule has 92 valence electrons. The largest absolute Gasteiger partial charge is 0.467 e. The van der Waals surface area contributed by atoms with E-state index in [1.807, 2.05) is 24.3 Å². The summed E-state index contributed by atoms with van der Waals surface area (Å²) in [6.45, 7) is 2.24. The Bertz CT molecular complexity index is 453. The molecule has 0 aliphatic heterocycles. The zero-order valence-electron chi connectivity index (χ0n) is 9.39. The smallest absolute Gasteiger partial charge is 0.126 e. The maximum atomic E-state index is 9.34. The zero-order chi connectivity index (χ0) is 12.3. The van der Waals surface area contributed by atoms with Crippen LogP contribution in [0.15, 0.2) is 34.9 Å². The average Bonchev–Trinajstić information content (AvgIpc) is 2.90. The molecule has 0 saturated heterocycles. The van der Waals surface area contributed by atoms with Gasteiger partial charge >= 0.3 is 0 Å². The van der Waals surface area contributed by atoms with Gasteiger partial charge in [-0.2, -0.15) is 0 Å². The zero-order valence-corrected chi connectivity index (χ0v) is 11.0. The van der Waals surface area contributed by atoms with Gasteiger partial charge in [0.05, 0.1) is 16.7 Å². The van der Waals surface area contributed by atoms with Crippen molar-refractivity contribution < 1.29 is 9.52 Å². The Kier molecular flexibility index (Phi) is 4.23. The lowest BCUT2D eigenvalue weighted by atomic mass is 10.2. The van der Waals surface area contributed by atoms with Gasteiger partial charge in [0.2, 0.25) is 0 Å². The van der Waals surface area contributed by atoms with E-state index < -0.39 is 6.10 Å². The highest BCUT2D eigenvalue weighted by atomic mass is 35.5. The summed E-state index contributed by atoms with van der Waals surface area (Å²) in [5.74, 6) is 0.823. The standard InChI is InChI=1S/C12H14ClNO2S/c1-8(15)7-14-12(9-3-2-6-16-9)10-4-5-11(13)17-10/h2-6,8,12,14-15H,7H2,1H3. The first-order valence-electron chi connectivity index (χ1n) is 5.37. The van der Waals surface area contributed by atoms with Gasteiger partial charge in [0, 0.05) is 11.4 Å². The minimum Gasteiger partial charge on any atom is -0.467 e. The SMILES string of the molecule is CC(O)CNC(c1ccco1)c1ccc(Cl)s1. The van der Waals surface area contributed by atoms with E-state index >= 15 is 0 Å². The summed E-state index contributed by atoms with van der Waals surface area (Å²) in [7, 11) is 0. The van der Waals surface area contributed by atoms with Crippen LogP contribution < -0.4 is 5.32 Å². The van der Waals surface area contributed by atoms with Crippen LogP contribution in [0.2, 0.25) is 4.34 Å². The van der Waals surface area contributed by atoms with Crippen LogP contribution in [0.1, 0.15) is 23.6 Å². The summed E-state index contributed by atoms with van der Waals surface area (Å²) in [5, 5.41) is 12.6. The van der Waals surface area contributed by atoms with Gasteiger partial charge in [-0.3, -0.25) is 0 Å². The summed E-state index contributed by atoms with van der Waals surface area (Å²) in [6, 6.07) is 7.53. The maximum Gasteiger partial charge on any atom is 0.126 e. The van der Waals surface area contributed by atoms with E-state index in [-0.39, 0.29) is 6.04 Å². The van der Waals surface area contributed by atoms with E-state index in [1.54, 1.807) is 13.2 Å². The molecule has 0 aliphatic rings. The highest BCUT2D eigenvalue weighted by molar-refractivity contribution is 7.16. The Balaban J connectivity index is 2.18. The second-order valence-electron chi connectivity index (χ2n) is 3.85. The fourth-order valence-electron chi connectivity index (χ4n) is 1.57. The van der Waals surface area contributed by atoms with Gasteiger partial charge < -0.3 is 14.8 Å². The molecule has 0 aromatic carbocycles. The molecular weight excluding hydrogens is 258 g/mol. The molecule has 2 N–H and O–H groups in total. The first kappa shape index (κ1) is 12.6. The van der Waals surface area contributed by atoms with Gasteiger partial charge in [-0.1, -0.05) is 11.6 Å². The Morgan fingerprint density at radius 1 is 1.47 bits per heavy atom. The third-order valence-electron chi connectivity index (χ3n) is 2.32. The molecule has 2 atom stereocenters. The summed E-state index contributed by atoms with van der Waals surface area (Å²) in [4.78, 5) is 1.07. The number of aliphatic hydroxyl groups excluding tert-OH is 1. The molecule has 0 saturated carbocycles. The molecular formula is C12H14ClNO2S. The lowest BCUT2D eigenvalue weighted by Crippen LogP contribution is -2.28. The summed E-state index contributed by atoms with van der Waals surface area (Å²) < 4.78 is 6.16. The fourth-order valence-corrected chi connectivity index (χ4v) is 2.71. The molecule has 0 bridgehead atoms. The van der Waals surface area contributed by atoms with Crippen molar-refractivity contribution in [2.45, 2.75) is 19.1 Å². The van der Waals surface area contributed by atoms with Crippen LogP contribution in [-0.2, 0) is 0 Å². The maximum absolute atomic E-state index is 9.34. The molecule has 3 nitrogen and oxygen atoms in total. The fraction of sp³-hybridized carbons (Fsp3) is 0.333. The molecule has 5 heteroatoms. The lowest BCUT2D eigenvalue weighted by molar-refractivity contribution is 0.187. The summed E-state index contributed by atoms with van der Waals surface area (Å²) in [6.07, 6.45) is 1.24. The van der Waals surface area contributed by atoms with E-state index in [0.29, 0.717) is 6.54 Å². The average molecular weight is 272 g/mol. The van der Waals surface area contributed by atoms with Gasteiger partial charge in [-0.15, -0.1) is 11.3 Å². The Morgan fingerprint density at radius 2 is 2.29 bits per heavy atom. The van der Waals surface area contributed by atoms with Crippen LogP contribution in [0.4, 0.5) is 0 Å². The minimum atomic E-state index is -0.400. The van der Waals surface area contributed by atoms with E-state index in [1.165, 1.54) is 11.3 Å². The highest BCUT2D eigenvalue weighted by Gasteiger charge is 2.18.